The minimum absolute atomic E-state index is 0.180. The van der Waals surface area contributed by atoms with Gasteiger partial charge in [0, 0.05) is 18.3 Å². The molecule has 0 bridgehead atoms. The monoisotopic (exact) mass is 261 g/mol. The Kier molecular flexibility index (Phi) is 3.94. The van der Waals surface area contributed by atoms with E-state index in [4.69, 9.17) is 0 Å². The van der Waals surface area contributed by atoms with Crippen molar-refractivity contribution in [2.24, 2.45) is 5.92 Å². The number of H-pyrrole nitrogens is 1. The van der Waals surface area contributed by atoms with Crippen molar-refractivity contribution in [1.29, 1.82) is 0 Å². The Morgan fingerprint density at radius 1 is 1.33 bits per heavy atom. The predicted octanol–water partition coefficient (Wildman–Crippen LogP) is 2.93. The number of nitrogens with zero attached hydrogens (tertiary/aromatic N) is 1. The Balaban J connectivity index is 1.76. The fourth-order valence-corrected chi connectivity index (χ4v) is 2.43. The molecular weight excluding hydrogens is 243 g/mol. The van der Waals surface area contributed by atoms with Crippen molar-refractivity contribution in [3.63, 3.8) is 0 Å². The van der Waals surface area contributed by atoms with Gasteiger partial charge in [0.25, 0.3) is 0 Å². The molecule has 2 N–H and O–H groups in total. The number of nitrogens with one attached hydrogen (secondary N) is 2. The summed E-state index contributed by atoms with van der Waals surface area (Å²) in [7, 11) is 0. The molecule has 6 heteroatoms. The van der Waals surface area contributed by atoms with E-state index in [9.17, 15) is 13.2 Å². The normalized spacial score (nSPS) is 25.3. The molecule has 18 heavy (non-hydrogen) atoms. The third kappa shape index (κ3) is 3.25. The Morgan fingerprint density at radius 2 is 2.00 bits per heavy atom. The molecule has 0 unspecified atom stereocenters. The van der Waals surface area contributed by atoms with Crippen molar-refractivity contribution >= 4 is 0 Å². The lowest BCUT2D eigenvalue weighted by Crippen LogP contribution is -2.36. The number of rotatable bonds is 3. The largest absolute Gasteiger partial charge is 0.391 e. The lowest BCUT2D eigenvalue weighted by Gasteiger charge is -2.30. The lowest BCUT2D eigenvalue weighted by molar-refractivity contribution is -0.182. The van der Waals surface area contributed by atoms with E-state index in [1.165, 1.54) is 0 Å². The summed E-state index contributed by atoms with van der Waals surface area (Å²) in [6.07, 6.45) is -0.737. The van der Waals surface area contributed by atoms with Gasteiger partial charge in [-0.15, -0.1) is 0 Å². The van der Waals surface area contributed by atoms with Gasteiger partial charge < -0.3 is 10.3 Å². The zero-order valence-electron chi connectivity index (χ0n) is 10.3. The van der Waals surface area contributed by atoms with Gasteiger partial charge in [0.05, 0.1) is 17.9 Å². The zero-order chi connectivity index (χ0) is 13.2. The molecule has 0 spiro atoms. The van der Waals surface area contributed by atoms with Gasteiger partial charge in [0.2, 0.25) is 0 Å². The molecule has 0 aromatic carbocycles. The molecule has 2 rings (SSSR count). The average molecular weight is 261 g/mol. The van der Waals surface area contributed by atoms with Crippen LogP contribution in [0.1, 0.15) is 37.1 Å². The van der Waals surface area contributed by atoms with Crippen molar-refractivity contribution in [1.82, 2.24) is 15.3 Å². The summed E-state index contributed by atoms with van der Waals surface area (Å²) in [5.74, 6) is -1.11. The van der Waals surface area contributed by atoms with Gasteiger partial charge in [0.1, 0.15) is 0 Å². The smallest absolute Gasteiger partial charge is 0.348 e. The third-order valence-corrected chi connectivity index (χ3v) is 3.68. The number of halogens is 3. The molecule has 0 saturated heterocycles. The van der Waals surface area contributed by atoms with Gasteiger partial charge >= 0.3 is 6.18 Å². The van der Waals surface area contributed by atoms with Crippen LogP contribution in [0.4, 0.5) is 13.2 Å². The Hall–Kier alpha value is -1.04. The summed E-state index contributed by atoms with van der Waals surface area (Å²) in [6.45, 7) is 2.56. The van der Waals surface area contributed by atoms with Gasteiger partial charge in [-0.1, -0.05) is 0 Å². The van der Waals surface area contributed by atoms with Crippen LogP contribution in [0.2, 0.25) is 0 Å². The maximum absolute atomic E-state index is 12.5. The van der Waals surface area contributed by atoms with Crippen molar-refractivity contribution in [3.05, 3.63) is 17.7 Å². The van der Waals surface area contributed by atoms with E-state index >= 15 is 0 Å². The van der Waals surface area contributed by atoms with Crippen molar-refractivity contribution in [3.8, 4) is 0 Å². The highest BCUT2D eigenvalue weighted by molar-refractivity contribution is 5.08. The topological polar surface area (TPSA) is 40.7 Å². The summed E-state index contributed by atoms with van der Waals surface area (Å²) in [5.41, 5.74) is 1.94. The lowest BCUT2D eigenvalue weighted by atomic mass is 9.85. The first-order valence-electron chi connectivity index (χ1n) is 6.25. The van der Waals surface area contributed by atoms with Crippen LogP contribution in [0.5, 0.6) is 0 Å². The van der Waals surface area contributed by atoms with Gasteiger partial charge in [0.15, 0.2) is 0 Å². The van der Waals surface area contributed by atoms with Gasteiger partial charge in [-0.2, -0.15) is 13.2 Å². The number of alkyl halides is 3. The first-order chi connectivity index (χ1) is 8.47. The molecule has 1 aromatic rings. The van der Waals surface area contributed by atoms with Crippen molar-refractivity contribution < 1.29 is 13.2 Å². The van der Waals surface area contributed by atoms with E-state index in [1.54, 1.807) is 6.33 Å². The van der Waals surface area contributed by atoms with E-state index in [1.807, 2.05) is 6.92 Å². The van der Waals surface area contributed by atoms with Crippen molar-refractivity contribution in [2.75, 3.05) is 0 Å². The van der Waals surface area contributed by atoms with Gasteiger partial charge in [-0.25, -0.2) is 4.98 Å². The molecule has 1 fully saturated rings. The number of aromatic amines is 1. The molecule has 102 valence electrons. The van der Waals surface area contributed by atoms with E-state index in [0.29, 0.717) is 19.4 Å². The summed E-state index contributed by atoms with van der Waals surface area (Å²) >= 11 is 0. The minimum Gasteiger partial charge on any atom is -0.348 e. The maximum Gasteiger partial charge on any atom is 0.391 e. The second-order valence-electron chi connectivity index (χ2n) is 4.95. The highest BCUT2D eigenvalue weighted by Crippen LogP contribution is 2.37. The van der Waals surface area contributed by atoms with Crippen LogP contribution < -0.4 is 5.32 Å². The number of aryl methyl sites for hydroxylation is 1. The highest BCUT2D eigenvalue weighted by Gasteiger charge is 2.41. The number of aromatic nitrogens is 2. The molecule has 1 aromatic heterocycles. The standard InChI is InChI=1S/C12H18F3N3/c1-8-11(18-7-17-8)6-16-10-4-2-9(3-5-10)12(13,14)15/h7,9-10,16H,2-6H2,1H3,(H,17,18). The van der Waals surface area contributed by atoms with Crippen molar-refractivity contribution in [2.45, 2.75) is 51.4 Å². The molecule has 1 heterocycles. The fraction of sp³-hybridized carbons (Fsp3) is 0.750. The molecule has 1 aliphatic rings. The molecule has 3 nitrogen and oxygen atoms in total. The summed E-state index contributed by atoms with van der Waals surface area (Å²) in [5, 5.41) is 3.29. The van der Waals surface area contributed by atoms with Crippen LogP contribution in [0.15, 0.2) is 6.33 Å². The summed E-state index contributed by atoms with van der Waals surface area (Å²) < 4.78 is 37.5. The second-order valence-corrected chi connectivity index (χ2v) is 4.95. The molecule has 0 aliphatic heterocycles. The fourth-order valence-electron chi connectivity index (χ4n) is 2.43. The average Bonchev–Trinajstić information content (AvgIpc) is 2.72. The second kappa shape index (κ2) is 5.30. The molecule has 1 aliphatic carbocycles. The first-order valence-corrected chi connectivity index (χ1v) is 6.25. The van der Waals surface area contributed by atoms with Gasteiger partial charge in [-0.05, 0) is 32.6 Å². The van der Waals surface area contributed by atoms with Crippen LogP contribution in [0, 0.1) is 12.8 Å². The molecule has 0 radical (unpaired) electrons. The zero-order valence-corrected chi connectivity index (χ0v) is 10.3. The molecule has 0 atom stereocenters. The highest BCUT2D eigenvalue weighted by atomic mass is 19.4. The summed E-state index contributed by atoms with van der Waals surface area (Å²) in [4.78, 5) is 7.14. The minimum atomic E-state index is -4.02. The Labute approximate surface area is 104 Å². The van der Waals surface area contributed by atoms with Crippen LogP contribution in [-0.4, -0.2) is 22.2 Å². The quantitative estimate of drug-likeness (QED) is 0.878. The van der Waals surface area contributed by atoms with E-state index in [0.717, 1.165) is 11.4 Å². The Bertz CT molecular complexity index is 378. The van der Waals surface area contributed by atoms with Gasteiger partial charge in [-0.3, -0.25) is 0 Å². The third-order valence-electron chi connectivity index (χ3n) is 3.68. The van der Waals surface area contributed by atoms with Crippen LogP contribution in [0.25, 0.3) is 0 Å². The summed E-state index contributed by atoms with van der Waals surface area (Å²) in [6, 6.07) is 0.180. The van der Waals surface area contributed by atoms with Crippen LogP contribution in [0.3, 0.4) is 0 Å². The molecule has 1 saturated carbocycles. The van der Waals surface area contributed by atoms with E-state index in [2.05, 4.69) is 15.3 Å². The first kappa shape index (κ1) is 13.4. The van der Waals surface area contributed by atoms with E-state index < -0.39 is 12.1 Å². The maximum atomic E-state index is 12.5. The number of imidazole rings is 1. The molecular formula is C12H18F3N3. The van der Waals surface area contributed by atoms with Crippen LogP contribution in [-0.2, 0) is 6.54 Å². The Morgan fingerprint density at radius 3 is 2.50 bits per heavy atom. The van der Waals surface area contributed by atoms with Crippen LogP contribution >= 0.6 is 0 Å². The number of hydrogen-bond donors (Lipinski definition) is 2. The predicted molar refractivity (Wildman–Crippen MR) is 62.0 cm³/mol. The SMILES string of the molecule is Cc1[nH]cnc1CNC1CCC(C(F)(F)F)CC1. The number of hydrogen-bond acceptors (Lipinski definition) is 2. The molecule has 0 amide bonds. The van der Waals surface area contributed by atoms with E-state index in [-0.39, 0.29) is 18.9 Å².